The Morgan fingerprint density at radius 2 is 1.85 bits per heavy atom. The molecule has 3 rings (SSSR count). The first-order valence-electron chi connectivity index (χ1n) is 9.62. The minimum absolute atomic E-state index is 0.0291. The third-order valence-corrected chi connectivity index (χ3v) is 6.22. The number of nitrogens with one attached hydrogen (secondary N) is 2. The summed E-state index contributed by atoms with van der Waals surface area (Å²) >= 11 is 1.68. The molecular weight excluding hydrogens is 354 g/mol. The van der Waals surface area contributed by atoms with Gasteiger partial charge in [-0.25, -0.2) is 0 Å². The summed E-state index contributed by atoms with van der Waals surface area (Å²) in [7, 11) is 0. The van der Waals surface area contributed by atoms with E-state index in [0.717, 1.165) is 31.2 Å². The Hall–Kier alpha value is -2.16. The Balaban J connectivity index is 1.69. The molecule has 0 aliphatic heterocycles. The Kier molecular flexibility index (Phi) is 6.30. The van der Waals surface area contributed by atoms with E-state index in [1.165, 1.54) is 10.4 Å². The second-order valence-electron chi connectivity index (χ2n) is 7.60. The minimum Gasteiger partial charge on any atom is -0.337 e. The predicted octanol–water partition coefficient (Wildman–Crippen LogP) is 4.50. The molecule has 5 heteroatoms. The molecule has 1 fully saturated rings. The van der Waals surface area contributed by atoms with Crippen LogP contribution in [-0.4, -0.2) is 18.0 Å². The number of thiophene rings is 1. The standard InChI is InChI=1S/C22H27N3OS/c1-16(2)17-7-9-18(10-8-17)21(19-6-5-13-27-19)24-14-20(26)25-22(15-23)11-3-4-12-22/h5-10,13,16,21,24H,3-4,11-12,14H2,1-2H3,(H,25,26)/t21-/m0/s1. The lowest BCUT2D eigenvalue weighted by atomic mass is 9.98. The fourth-order valence-electron chi connectivity index (χ4n) is 3.66. The van der Waals surface area contributed by atoms with Crippen molar-refractivity contribution in [2.24, 2.45) is 0 Å². The number of nitrogens with zero attached hydrogens (tertiary/aromatic N) is 1. The van der Waals surface area contributed by atoms with E-state index in [-0.39, 0.29) is 18.5 Å². The molecule has 4 nitrogen and oxygen atoms in total. The molecule has 0 unspecified atom stereocenters. The molecule has 1 amide bonds. The summed E-state index contributed by atoms with van der Waals surface area (Å²) < 4.78 is 0. The molecule has 0 spiro atoms. The van der Waals surface area contributed by atoms with Gasteiger partial charge in [0.15, 0.2) is 0 Å². The maximum absolute atomic E-state index is 12.5. The van der Waals surface area contributed by atoms with Crippen molar-refractivity contribution in [1.29, 1.82) is 5.26 Å². The van der Waals surface area contributed by atoms with Gasteiger partial charge in [0.2, 0.25) is 5.91 Å². The Morgan fingerprint density at radius 3 is 2.41 bits per heavy atom. The van der Waals surface area contributed by atoms with Gasteiger partial charge < -0.3 is 5.32 Å². The van der Waals surface area contributed by atoms with Crippen molar-refractivity contribution in [2.45, 2.75) is 57.0 Å². The molecule has 1 heterocycles. The molecule has 1 atom stereocenters. The normalized spacial score (nSPS) is 16.8. The van der Waals surface area contributed by atoms with Crippen molar-refractivity contribution in [3.05, 3.63) is 57.8 Å². The predicted molar refractivity (Wildman–Crippen MR) is 110 cm³/mol. The van der Waals surface area contributed by atoms with Gasteiger partial charge in [-0.05, 0) is 54.2 Å². The van der Waals surface area contributed by atoms with Crippen LogP contribution < -0.4 is 10.6 Å². The zero-order chi connectivity index (χ0) is 19.3. The van der Waals surface area contributed by atoms with E-state index in [9.17, 15) is 10.1 Å². The van der Waals surface area contributed by atoms with Crippen LogP contribution in [-0.2, 0) is 4.79 Å². The lowest BCUT2D eigenvalue weighted by molar-refractivity contribution is -0.121. The van der Waals surface area contributed by atoms with Gasteiger partial charge in [0.05, 0.1) is 18.7 Å². The maximum Gasteiger partial charge on any atom is 0.235 e. The van der Waals surface area contributed by atoms with E-state index < -0.39 is 5.54 Å². The van der Waals surface area contributed by atoms with Gasteiger partial charge in [-0.1, -0.05) is 44.2 Å². The van der Waals surface area contributed by atoms with Crippen molar-refractivity contribution in [1.82, 2.24) is 10.6 Å². The number of amides is 1. The summed E-state index contributed by atoms with van der Waals surface area (Å²) in [4.78, 5) is 13.7. The third-order valence-electron chi connectivity index (χ3n) is 5.28. The highest BCUT2D eigenvalue weighted by atomic mass is 32.1. The minimum atomic E-state index is -0.671. The largest absolute Gasteiger partial charge is 0.337 e. The molecule has 1 aromatic heterocycles. The van der Waals surface area contributed by atoms with Crippen molar-refractivity contribution in [3.63, 3.8) is 0 Å². The van der Waals surface area contributed by atoms with Crippen molar-refractivity contribution in [3.8, 4) is 6.07 Å². The molecule has 0 saturated heterocycles. The van der Waals surface area contributed by atoms with Crippen molar-refractivity contribution < 1.29 is 4.79 Å². The third kappa shape index (κ3) is 4.77. The highest BCUT2D eigenvalue weighted by Gasteiger charge is 2.35. The lowest BCUT2D eigenvalue weighted by Gasteiger charge is -2.24. The summed E-state index contributed by atoms with van der Waals surface area (Å²) in [5.41, 5.74) is 1.78. The fraction of sp³-hybridized carbons (Fsp3) is 0.455. The van der Waals surface area contributed by atoms with Crippen molar-refractivity contribution in [2.75, 3.05) is 6.54 Å². The quantitative estimate of drug-likeness (QED) is 0.742. The number of benzene rings is 1. The van der Waals surface area contributed by atoms with Gasteiger partial charge >= 0.3 is 0 Å². The summed E-state index contributed by atoms with van der Waals surface area (Å²) in [5.74, 6) is 0.380. The van der Waals surface area contributed by atoms with E-state index in [0.29, 0.717) is 5.92 Å². The van der Waals surface area contributed by atoms with Crippen LogP contribution in [0, 0.1) is 11.3 Å². The molecule has 1 aromatic carbocycles. The number of hydrogen-bond acceptors (Lipinski definition) is 4. The first-order chi connectivity index (χ1) is 13.0. The van der Waals surface area contributed by atoms with E-state index >= 15 is 0 Å². The Labute approximate surface area is 165 Å². The fourth-order valence-corrected chi connectivity index (χ4v) is 4.49. The monoisotopic (exact) mass is 381 g/mol. The van der Waals surface area contributed by atoms with Gasteiger partial charge in [-0.15, -0.1) is 11.3 Å². The molecular formula is C22H27N3OS. The van der Waals surface area contributed by atoms with Gasteiger partial charge in [-0.3, -0.25) is 10.1 Å². The average Bonchev–Trinajstić information content (AvgIpc) is 3.35. The zero-order valence-electron chi connectivity index (χ0n) is 16.0. The molecule has 0 bridgehead atoms. The summed E-state index contributed by atoms with van der Waals surface area (Å²) in [6, 6.07) is 15.0. The van der Waals surface area contributed by atoms with Crippen LogP contribution in [0.1, 0.15) is 67.5 Å². The van der Waals surface area contributed by atoms with E-state index in [2.05, 4.69) is 66.3 Å². The van der Waals surface area contributed by atoms with Gasteiger partial charge in [0, 0.05) is 4.88 Å². The highest BCUT2D eigenvalue weighted by Crippen LogP contribution is 2.29. The topological polar surface area (TPSA) is 64.9 Å². The molecule has 142 valence electrons. The smallest absolute Gasteiger partial charge is 0.235 e. The second kappa shape index (κ2) is 8.69. The zero-order valence-corrected chi connectivity index (χ0v) is 16.8. The second-order valence-corrected chi connectivity index (χ2v) is 8.58. The Bertz CT molecular complexity index is 784. The molecule has 0 radical (unpaired) electrons. The highest BCUT2D eigenvalue weighted by molar-refractivity contribution is 7.10. The molecule has 2 N–H and O–H groups in total. The number of rotatable bonds is 7. The first-order valence-corrected chi connectivity index (χ1v) is 10.5. The van der Waals surface area contributed by atoms with Crippen LogP contribution in [0.5, 0.6) is 0 Å². The summed E-state index contributed by atoms with van der Waals surface area (Å²) in [5, 5.41) is 17.9. The van der Waals surface area contributed by atoms with Crippen LogP contribution in [0.15, 0.2) is 41.8 Å². The lowest BCUT2D eigenvalue weighted by Crippen LogP contribution is -2.48. The van der Waals surface area contributed by atoms with Crippen LogP contribution in [0.4, 0.5) is 0 Å². The van der Waals surface area contributed by atoms with Crippen LogP contribution in [0.25, 0.3) is 0 Å². The van der Waals surface area contributed by atoms with Crippen LogP contribution in [0.3, 0.4) is 0 Å². The number of carbonyl (C=O) groups excluding carboxylic acids is 1. The molecule has 1 aliphatic rings. The van der Waals surface area contributed by atoms with E-state index in [1.807, 2.05) is 6.07 Å². The number of nitriles is 1. The number of carbonyl (C=O) groups is 1. The maximum atomic E-state index is 12.5. The van der Waals surface area contributed by atoms with Crippen molar-refractivity contribution >= 4 is 17.2 Å². The van der Waals surface area contributed by atoms with Crippen LogP contribution in [0.2, 0.25) is 0 Å². The molecule has 2 aromatic rings. The van der Waals surface area contributed by atoms with E-state index in [4.69, 9.17) is 0 Å². The number of hydrogen-bond donors (Lipinski definition) is 2. The Morgan fingerprint density at radius 1 is 1.19 bits per heavy atom. The van der Waals surface area contributed by atoms with Crippen LogP contribution >= 0.6 is 11.3 Å². The summed E-state index contributed by atoms with van der Waals surface area (Å²) in [6.07, 6.45) is 3.50. The molecule has 27 heavy (non-hydrogen) atoms. The summed E-state index contributed by atoms with van der Waals surface area (Å²) in [6.45, 7) is 4.56. The van der Waals surface area contributed by atoms with Gasteiger partial charge in [0.25, 0.3) is 0 Å². The SMILES string of the molecule is CC(C)c1ccc([C@H](NCC(=O)NC2(C#N)CCCC2)c2cccs2)cc1. The molecule has 1 saturated carbocycles. The van der Waals surface area contributed by atoms with E-state index in [1.54, 1.807) is 11.3 Å². The van der Waals surface area contributed by atoms with Gasteiger partial charge in [-0.2, -0.15) is 5.26 Å². The average molecular weight is 382 g/mol. The van der Waals surface area contributed by atoms with Gasteiger partial charge in [0.1, 0.15) is 5.54 Å². The first kappa shape index (κ1) is 19.6. The molecule has 1 aliphatic carbocycles.